The van der Waals surface area contributed by atoms with E-state index in [4.69, 9.17) is 0 Å². The van der Waals surface area contributed by atoms with Crippen molar-refractivity contribution in [3.8, 4) is 11.4 Å². The van der Waals surface area contributed by atoms with Crippen LogP contribution in [0.5, 0.6) is 0 Å². The Kier molecular flexibility index (Phi) is 4.47. The van der Waals surface area contributed by atoms with Crippen molar-refractivity contribution in [2.24, 2.45) is 7.05 Å². The zero-order valence-electron chi connectivity index (χ0n) is 14.3. The first-order valence-electron chi connectivity index (χ1n) is 8.56. The third-order valence-electron chi connectivity index (χ3n) is 4.68. The van der Waals surface area contributed by atoms with Crippen molar-refractivity contribution in [1.82, 2.24) is 34.4 Å². The Morgan fingerprint density at radius 3 is 2.72 bits per heavy atom. The average Bonchev–Trinajstić information content (AvgIpc) is 3.09. The first kappa shape index (κ1) is 15.8. The molecule has 0 amide bonds. The lowest BCUT2D eigenvalue weighted by atomic mass is 9.92. The van der Waals surface area contributed by atoms with Gasteiger partial charge in [0, 0.05) is 57.0 Å². The van der Waals surface area contributed by atoms with Crippen LogP contribution in [0.15, 0.2) is 43.5 Å². The summed E-state index contributed by atoms with van der Waals surface area (Å²) in [6, 6.07) is 0. The Balaban J connectivity index is 1.57. The molecule has 0 N–H and O–H groups in total. The largest absolute Gasteiger partial charge is 0.332 e. The Morgan fingerprint density at radius 2 is 1.92 bits per heavy atom. The molecule has 0 spiro atoms. The SMILES string of the molecule is Cn1cncc1-c1nccnc1C1CCCN(Cc2cnccn2)C1. The second-order valence-electron chi connectivity index (χ2n) is 6.45. The molecule has 0 aromatic carbocycles. The molecule has 7 heteroatoms. The summed E-state index contributed by atoms with van der Waals surface area (Å²) in [7, 11) is 1.99. The summed E-state index contributed by atoms with van der Waals surface area (Å²) in [4.78, 5) is 24.5. The van der Waals surface area contributed by atoms with Crippen molar-refractivity contribution in [3.63, 3.8) is 0 Å². The zero-order chi connectivity index (χ0) is 17.1. The molecule has 1 saturated heterocycles. The van der Waals surface area contributed by atoms with Gasteiger partial charge in [0.05, 0.1) is 29.6 Å². The van der Waals surface area contributed by atoms with Crippen LogP contribution in [-0.2, 0) is 13.6 Å². The molecule has 1 aliphatic rings. The van der Waals surface area contributed by atoms with Crippen molar-refractivity contribution < 1.29 is 0 Å². The molecule has 1 aliphatic heterocycles. The fourth-order valence-corrected chi connectivity index (χ4v) is 3.49. The van der Waals surface area contributed by atoms with Crippen molar-refractivity contribution in [1.29, 1.82) is 0 Å². The monoisotopic (exact) mass is 335 g/mol. The molecule has 0 aliphatic carbocycles. The van der Waals surface area contributed by atoms with Crippen LogP contribution in [0.4, 0.5) is 0 Å². The van der Waals surface area contributed by atoms with E-state index in [0.717, 1.165) is 55.3 Å². The van der Waals surface area contributed by atoms with Gasteiger partial charge in [-0.2, -0.15) is 0 Å². The number of aryl methyl sites for hydroxylation is 1. The highest BCUT2D eigenvalue weighted by Gasteiger charge is 2.26. The molecule has 1 atom stereocenters. The van der Waals surface area contributed by atoms with E-state index in [1.165, 1.54) is 0 Å². The molecule has 3 aromatic heterocycles. The Labute approximate surface area is 146 Å². The van der Waals surface area contributed by atoms with Gasteiger partial charge in [-0.05, 0) is 19.4 Å². The number of likely N-dealkylation sites (tertiary alicyclic amines) is 1. The summed E-state index contributed by atoms with van der Waals surface area (Å²) in [6.45, 7) is 2.86. The fourth-order valence-electron chi connectivity index (χ4n) is 3.49. The maximum absolute atomic E-state index is 4.68. The number of hydrogen-bond acceptors (Lipinski definition) is 6. The molecule has 4 rings (SSSR count). The normalized spacial score (nSPS) is 18.4. The maximum Gasteiger partial charge on any atom is 0.110 e. The minimum absolute atomic E-state index is 0.365. The molecule has 0 radical (unpaired) electrons. The van der Waals surface area contributed by atoms with Crippen LogP contribution in [-0.4, -0.2) is 47.5 Å². The van der Waals surface area contributed by atoms with E-state index in [-0.39, 0.29) is 0 Å². The molecule has 0 bridgehead atoms. The van der Waals surface area contributed by atoms with Crippen molar-refractivity contribution in [2.45, 2.75) is 25.3 Å². The van der Waals surface area contributed by atoms with Crippen LogP contribution < -0.4 is 0 Å². The minimum Gasteiger partial charge on any atom is -0.332 e. The molecule has 3 aromatic rings. The van der Waals surface area contributed by atoms with Gasteiger partial charge in [-0.25, -0.2) is 4.98 Å². The summed E-state index contributed by atoms with van der Waals surface area (Å²) in [5, 5.41) is 0. The molecule has 128 valence electrons. The van der Waals surface area contributed by atoms with Gasteiger partial charge in [-0.15, -0.1) is 0 Å². The van der Waals surface area contributed by atoms with Crippen LogP contribution in [0.3, 0.4) is 0 Å². The minimum atomic E-state index is 0.365. The first-order valence-corrected chi connectivity index (χ1v) is 8.56. The van der Waals surface area contributed by atoms with Gasteiger partial charge < -0.3 is 4.57 Å². The van der Waals surface area contributed by atoms with E-state index in [2.05, 4.69) is 29.8 Å². The topological polar surface area (TPSA) is 72.6 Å². The Hall–Kier alpha value is -2.67. The quantitative estimate of drug-likeness (QED) is 0.726. The molecule has 1 fully saturated rings. The van der Waals surface area contributed by atoms with Crippen molar-refractivity contribution in [3.05, 3.63) is 54.9 Å². The highest BCUT2D eigenvalue weighted by Crippen LogP contribution is 2.31. The lowest BCUT2D eigenvalue weighted by Crippen LogP contribution is -2.34. The van der Waals surface area contributed by atoms with Crippen molar-refractivity contribution in [2.75, 3.05) is 13.1 Å². The molecular weight excluding hydrogens is 314 g/mol. The van der Waals surface area contributed by atoms with E-state index in [9.17, 15) is 0 Å². The van der Waals surface area contributed by atoms with E-state index >= 15 is 0 Å². The Bertz CT molecular complexity index is 830. The summed E-state index contributed by atoms with van der Waals surface area (Å²) >= 11 is 0. The van der Waals surface area contributed by atoms with Crippen LogP contribution in [0, 0.1) is 0 Å². The van der Waals surface area contributed by atoms with Gasteiger partial charge in [0.2, 0.25) is 0 Å². The predicted octanol–water partition coefficient (Wildman–Crippen LogP) is 2.05. The Morgan fingerprint density at radius 1 is 1.04 bits per heavy atom. The smallest absolute Gasteiger partial charge is 0.110 e. The van der Waals surface area contributed by atoms with E-state index in [1.54, 1.807) is 31.1 Å². The van der Waals surface area contributed by atoms with E-state index in [1.807, 2.05) is 24.0 Å². The highest BCUT2D eigenvalue weighted by molar-refractivity contribution is 5.57. The van der Waals surface area contributed by atoms with Gasteiger partial charge in [0.1, 0.15) is 5.69 Å². The maximum atomic E-state index is 4.68. The van der Waals surface area contributed by atoms with Gasteiger partial charge in [-0.3, -0.25) is 24.8 Å². The van der Waals surface area contributed by atoms with Gasteiger partial charge in [0.15, 0.2) is 0 Å². The molecule has 7 nitrogen and oxygen atoms in total. The number of piperidine rings is 1. The summed E-state index contributed by atoms with van der Waals surface area (Å²) < 4.78 is 1.99. The lowest BCUT2D eigenvalue weighted by Gasteiger charge is -2.32. The predicted molar refractivity (Wildman–Crippen MR) is 93.5 cm³/mol. The van der Waals surface area contributed by atoms with Crippen LogP contribution in [0.1, 0.15) is 30.1 Å². The molecular formula is C18H21N7. The van der Waals surface area contributed by atoms with Gasteiger partial charge in [-0.1, -0.05) is 0 Å². The van der Waals surface area contributed by atoms with Crippen LogP contribution in [0.25, 0.3) is 11.4 Å². The third kappa shape index (κ3) is 3.41. The number of nitrogens with zero attached hydrogens (tertiary/aromatic N) is 7. The van der Waals surface area contributed by atoms with E-state index < -0.39 is 0 Å². The third-order valence-corrected chi connectivity index (χ3v) is 4.68. The second kappa shape index (κ2) is 7.06. The fraction of sp³-hybridized carbons (Fsp3) is 0.389. The first-order chi connectivity index (χ1) is 12.3. The van der Waals surface area contributed by atoms with Gasteiger partial charge >= 0.3 is 0 Å². The van der Waals surface area contributed by atoms with Crippen LogP contribution in [0.2, 0.25) is 0 Å². The standard InChI is InChI=1S/C18H21N7/c1-24-13-20-10-16(24)18-17(22-6-7-23-18)14-3-2-8-25(11-14)12-15-9-19-4-5-21-15/h4-7,9-10,13-14H,2-3,8,11-12H2,1H3. The van der Waals surface area contributed by atoms with Crippen molar-refractivity contribution >= 4 is 0 Å². The van der Waals surface area contributed by atoms with Crippen LogP contribution >= 0.6 is 0 Å². The summed E-state index contributed by atoms with van der Waals surface area (Å²) in [5.74, 6) is 0.365. The number of imidazole rings is 1. The second-order valence-corrected chi connectivity index (χ2v) is 6.45. The number of aromatic nitrogens is 6. The molecule has 0 saturated carbocycles. The average molecular weight is 335 g/mol. The van der Waals surface area contributed by atoms with Gasteiger partial charge in [0.25, 0.3) is 0 Å². The highest BCUT2D eigenvalue weighted by atomic mass is 15.1. The lowest BCUT2D eigenvalue weighted by molar-refractivity contribution is 0.196. The number of rotatable bonds is 4. The number of hydrogen-bond donors (Lipinski definition) is 0. The summed E-state index contributed by atoms with van der Waals surface area (Å²) in [5.41, 5.74) is 4.02. The molecule has 4 heterocycles. The molecule has 25 heavy (non-hydrogen) atoms. The zero-order valence-corrected chi connectivity index (χ0v) is 14.3. The summed E-state index contributed by atoms with van der Waals surface area (Å²) in [6.07, 6.45) is 14.8. The van der Waals surface area contributed by atoms with E-state index in [0.29, 0.717) is 5.92 Å². The molecule has 1 unspecified atom stereocenters.